The maximum Gasteiger partial charge on any atom is 0.228 e. The van der Waals surface area contributed by atoms with Crippen LogP contribution >= 0.6 is 0 Å². The van der Waals surface area contributed by atoms with E-state index in [4.69, 9.17) is 4.98 Å². The average molecular weight is 449 g/mol. The summed E-state index contributed by atoms with van der Waals surface area (Å²) in [5, 5.41) is 0. The summed E-state index contributed by atoms with van der Waals surface area (Å²) >= 11 is 0. The molecule has 1 unspecified atom stereocenters. The van der Waals surface area contributed by atoms with Crippen LogP contribution in [0.4, 0.5) is 17.5 Å². The predicted octanol–water partition coefficient (Wildman–Crippen LogP) is 2.48. The molecule has 4 heterocycles. The zero-order chi connectivity index (χ0) is 22.8. The van der Waals surface area contributed by atoms with Crippen molar-refractivity contribution in [3.63, 3.8) is 0 Å². The second-order valence-electron chi connectivity index (χ2n) is 9.32. The minimum Gasteiger partial charge on any atom is -0.353 e. The zero-order valence-electron chi connectivity index (χ0n) is 19.3. The molecule has 0 radical (unpaired) electrons. The molecule has 174 valence electrons. The summed E-state index contributed by atoms with van der Waals surface area (Å²) in [6.07, 6.45) is 5.80. The van der Waals surface area contributed by atoms with Gasteiger partial charge < -0.3 is 19.6 Å². The summed E-state index contributed by atoms with van der Waals surface area (Å²) in [4.78, 5) is 43.2. The number of hydrogen-bond acceptors (Lipinski definition) is 6. The van der Waals surface area contributed by atoms with Gasteiger partial charge in [0.1, 0.15) is 5.82 Å². The maximum absolute atomic E-state index is 13.2. The topological polar surface area (TPSA) is 72.9 Å². The summed E-state index contributed by atoms with van der Waals surface area (Å²) in [6, 6.07) is 9.87. The monoisotopic (exact) mass is 448 g/mol. The first-order valence-electron chi connectivity index (χ1n) is 12.1. The first-order valence-corrected chi connectivity index (χ1v) is 12.1. The lowest BCUT2D eigenvalue weighted by Crippen LogP contribution is -2.51. The van der Waals surface area contributed by atoms with Gasteiger partial charge in [0.2, 0.25) is 17.8 Å². The van der Waals surface area contributed by atoms with Crippen LogP contribution in [0.1, 0.15) is 31.2 Å². The number of aromatic nitrogens is 2. The second-order valence-corrected chi connectivity index (χ2v) is 9.32. The van der Waals surface area contributed by atoms with Crippen LogP contribution in [0.3, 0.4) is 0 Å². The summed E-state index contributed by atoms with van der Waals surface area (Å²) in [6.45, 7) is 7.31. The van der Waals surface area contributed by atoms with E-state index in [0.29, 0.717) is 19.6 Å². The Bertz CT molecular complexity index is 996. The van der Waals surface area contributed by atoms with Crippen molar-refractivity contribution in [1.29, 1.82) is 0 Å². The number of benzene rings is 1. The molecule has 3 saturated heterocycles. The Morgan fingerprint density at radius 1 is 0.909 bits per heavy atom. The first-order chi connectivity index (χ1) is 16.1. The van der Waals surface area contributed by atoms with Gasteiger partial charge in [-0.25, -0.2) is 4.98 Å². The van der Waals surface area contributed by atoms with Gasteiger partial charge in [-0.1, -0.05) is 17.7 Å². The fourth-order valence-electron chi connectivity index (χ4n) is 5.02. The van der Waals surface area contributed by atoms with Gasteiger partial charge >= 0.3 is 0 Å². The van der Waals surface area contributed by atoms with Crippen molar-refractivity contribution in [2.45, 2.75) is 32.6 Å². The van der Waals surface area contributed by atoms with Crippen molar-refractivity contribution in [3.05, 3.63) is 42.1 Å². The van der Waals surface area contributed by atoms with Crippen molar-refractivity contribution in [1.82, 2.24) is 14.9 Å². The number of carbonyl (C=O) groups is 2. The highest BCUT2D eigenvalue weighted by Gasteiger charge is 2.38. The molecule has 2 aromatic rings. The molecule has 1 atom stereocenters. The quantitative estimate of drug-likeness (QED) is 0.716. The maximum atomic E-state index is 13.2. The molecule has 1 aromatic heterocycles. The number of anilines is 3. The van der Waals surface area contributed by atoms with E-state index >= 15 is 0 Å². The van der Waals surface area contributed by atoms with Crippen LogP contribution in [0, 0.1) is 12.8 Å². The lowest BCUT2D eigenvalue weighted by atomic mass is 10.1. The van der Waals surface area contributed by atoms with Crippen molar-refractivity contribution in [2.75, 3.05) is 60.5 Å². The Kier molecular flexibility index (Phi) is 6.15. The van der Waals surface area contributed by atoms with Gasteiger partial charge in [0.25, 0.3) is 0 Å². The molecular formula is C25H32N6O2. The molecule has 0 aliphatic carbocycles. The minimum atomic E-state index is -0.268. The van der Waals surface area contributed by atoms with E-state index < -0.39 is 0 Å². The zero-order valence-corrected chi connectivity index (χ0v) is 19.3. The van der Waals surface area contributed by atoms with E-state index in [1.807, 2.05) is 48.4 Å². The molecule has 8 nitrogen and oxygen atoms in total. The van der Waals surface area contributed by atoms with E-state index in [-0.39, 0.29) is 24.2 Å². The van der Waals surface area contributed by atoms with Crippen LogP contribution in [0.25, 0.3) is 0 Å². The Balaban J connectivity index is 1.18. The molecule has 3 aliphatic rings. The SMILES string of the molecule is Cc1ccc(N2CC(C(=O)N3CCN(c4ccnc(N5CCCCC5)n4)CC3)CC2=O)cc1. The van der Waals surface area contributed by atoms with Gasteiger partial charge in [-0.05, 0) is 44.4 Å². The molecule has 0 saturated carbocycles. The molecule has 33 heavy (non-hydrogen) atoms. The van der Waals surface area contributed by atoms with Crippen LogP contribution in [0.15, 0.2) is 36.5 Å². The molecule has 1 aromatic carbocycles. The predicted molar refractivity (Wildman–Crippen MR) is 129 cm³/mol. The number of carbonyl (C=O) groups excluding carboxylic acids is 2. The Morgan fingerprint density at radius 2 is 1.64 bits per heavy atom. The molecular weight excluding hydrogens is 416 g/mol. The molecule has 5 rings (SSSR count). The lowest BCUT2D eigenvalue weighted by Gasteiger charge is -2.37. The smallest absolute Gasteiger partial charge is 0.228 e. The van der Waals surface area contributed by atoms with Crippen LogP contribution in [0.5, 0.6) is 0 Å². The van der Waals surface area contributed by atoms with Gasteiger partial charge in [-0.3, -0.25) is 9.59 Å². The normalized spacial score (nSPS) is 21.6. The summed E-state index contributed by atoms with van der Waals surface area (Å²) in [5.41, 5.74) is 2.03. The second kappa shape index (κ2) is 9.37. The fourth-order valence-corrected chi connectivity index (χ4v) is 5.02. The number of hydrogen-bond donors (Lipinski definition) is 0. The number of rotatable bonds is 4. The van der Waals surface area contributed by atoms with Gasteiger partial charge in [-0.2, -0.15) is 4.98 Å². The number of piperazine rings is 1. The molecule has 3 fully saturated rings. The largest absolute Gasteiger partial charge is 0.353 e. The van der Waals surface area contributed by atoms with Crippen LogP contribution in [0.2, 0.25) is 0 Å². The minimum absolute atomic E-state index is 0.0297. The first kappa shape index (κ1) is 21.7. The number of piperidine rings is 1. The average Bonchev–Trinajstić information content (AvgIpc) is 3.26. The molecule has 0 bridgehead atoms. The van der Waals surface area contributed by atoms with E-state index in [1.165, 1.54) is 19.3 Å². The highest BCUT2D eigenvalue weighted by molar-refractivity contribution is 6.00. The third kappa shape index (κ3) is 4.65. The van der Waals surface area contributed by atoms with E-state index in [1.54, 1.807) is 4.90 Å². The number of aryl methyl sites for hydroxylation is 1. The van der Waals surface area contributed by atoms with Crippen LogP contribution in [-0.4, -0.2) is 72.5 Å². The highest BCUT2D eigenvalue weighted by atomic mass is 16.2. The summed E-state index contributed by atoms with van der Waals surface area (Å²) in [7, 11) is 0. The van der Waals surface area contributed by atoms with E-state index in [0.717, 1.165) is 49.2 Å². The molecule has 0 spiro atoms. The molecule has 8 heteroatoms. The summed E-state index contributed by atoms with van der Waals surface area (Å²) < 4.78 is 0. The van der Waals surface area contributed by atoms with E-state index in [9.17, 15) is 9.59 Å². The molecule has 0 N–H and O–H groups in total. The number of nitrogens with zero attached hydrogens (tertiary/aromatic N) is 6. The molecule has 2 amide bonds. The Labute approximate surface area is 195 Å². The molecule has 3 aliphatic heterocycles. The van der Waals surface area contributed by atoms with Gasteiger partial charge in [-0.15, -0.1) is 0 Å². The van der Waals surface area contributed by atoms with Crippen LogP contribution in [-0.2, 0) is 9.59 Å². The Hall–Kier alpha value is -3.16. The van der Waals surface area contributed by atoms with Crippen molar-refractivity contribution >= 4 is 29.3 Å². The lowest BCUT2D eigenvalue weighted by molar-refractivity contribution is -0.136. The van der Waals surface area contributed by atoms with Crippen molar-refractivity contribution < 1.29 is 9.59 Å². The summed E-state index contributed by atoms with van der Waals surface area (Å²) in [5.74, 6) is 1.59. The fraction of sp³-hybridized carbons (Fsp3) is 0.520. The third-order valence-electron chi connectivity index (χ3n) is 7.00. The van der Waals surface area contributed by atoms with Crippen molar-refractivity contribution in [3.8, 4) is 0 Å². The van der Waals surface area contributed by atoms with Gasteiger partial charge in [0.15, 0.2) is 0 Å². The Morgan fingerprint density at radius 3 is 2.36 bits per heavy atom. The van der Waals surface area contributed by atoms with E-state index in [2.05, 4.69) is 14.8 Å². The third-order valence-corrected chi connectivity index (χ3v) is 7.00. The van der Waals surface area contributed by atoms with Crippen molar-refractivity contribution in [2.24, 2.45) is 5.92 Å². The van der Waals surface area contributed by atoms with Crippen LogP contribution < -0.4 is 14.7 Å². The number of amides is 2. The highest BCUT2D eigenvalue weighted by Crippen LogP contribution is 2.27. The standard InChI is InChI=1S/C25H32N6O2/c1-19-5-7-21(8-6-19)31-18-20(17-23(31)32)24(33)29-15-13-28(14-16-29)22-9-10-26-25(27-22)30-11-3-2-4-12-30/h5-10,20H,2-4,11-18H2,1H3. The van der Waals surface area contributed by atoms with Gasteiger partial charge in [0, 0.05) is 64.1 Å². The van der Waals surface area contributed by atoms with Gasteiger partial charge in [0.05, 0.1) is 5.92 Å².